The van der Waals surface area contributed by atoms with Crippen molar-refractivity contribution in [1.82, 2.24) is 9.80 Å². The van der Waals surface area contributed by atoms with E-state index in [1.165, 1.54) is 4.88 Å². The van der Waals surface area contributed by atoms with E-state index in [9.17, 15) is 4.79 Å². The number of piperazine rings is 1. The molecule has 20 heavy (non-hydrogen) atoms. The first-order valence-electron chi connectivity index (χ1n) is 6.78. The number of carbonyl (C=O) groups is 1. The number of likely N-dealkylation sites (N-methyl/N-ethyl adjacent to an activating group) is 1. The first-order valence-corrected chi connectivity index (χ1v) is 7.60. The molecule has 0 spiro atoms. The van der Waals surface area contributed by atoms with Crippen molar-refractivity contribution >= 4 is 27.4 Å². The van der Waals surface area contributed by atoms with Gasteiger partial charge in [0.25, 0.3) is 0 Å². The minimum atomic E-state index is -0.860. The topological polar surface area (TPSA) is 43.8 Å². The molecule has 5 heteroatoms. The largest absolute Gasteiger partial charge is 0.478 e. The predicted molar refractivity (Wildman–Crippen MR) is 81.6 cm³/mol. The number of rotatable bonds is 3. The van der Waals surface area contributed by atoms with E-state index >= 15 is 0 Å². The molecule has 1 aliphatic heterocycles. The third-order valence-corrected chi connectivity index (χ3v) is 4.88. The Hall–Kier alpha value is -1.43. The molecule has 0 aliphatic carbocycles. The lowest BCUT2D eigenvalue weighted by Gasteiger charge is -2.31. The van der Waals surface area contributed by atoms with Crippen LogP contribution in [0.2, 0.25) is 0 Å². The van der Waals surface area contributed by atoms with E-state index < -0.39 is 5.97 Å². The molecule has 106 valence electrons. The Kier molecular flexibility index (Phi) is 3.74. The molecule has 1 aromatic carbocycles. The summed E-state index contributed by atoms with van der Waals surface area (Å²) in [6.07, 6.45) is 0. The van der Waals surface area contributed by atoms with Gasteiger partial charge in [-0.2, -0.15) is 0 Å². The van der Waals surface area contributed by atoms with Crippen molar-refractivity contribution in [1.29, 1.82) is 0 Å². The number of carboxylic acids is 1. The maximum Gasteiger partial charge on any atom is 0.335 e. The fourth-order valence-electron chi connectivity index (χ4n) is 2.52. The van der Waals surface area contributed by atoms with Crippen molar-refractivity contribution in [3.05, 3.63) is 34.7 Å². The first kappa shape index (κ1) is 13.5. The van der Waals surface area contributed by atoms with Crippen LogP contribution < -0.4 is 0 Å². The minimum absolute atomic E-state index is 0.366. The molecule has 1 aliphatic rings. The molecule has 0 saturated carbocycles. The average molecular weight is 290 g/mol. The van der Waals surface area contributed by atoms with Crippen LogP contribution in [-0.4, -0.2) is 54.1 Å². The zero-order valence-electron chi connectivity index (χ0n) is 11.5. The molecule has 0 atom stereocenters. The molecule has 4 nitrogen and oxygen atoms in total. The zero-order valence-corrected chi connectivity index (χ0v) is 12.3. The average Bonchev–Trinajstić information content (AvgIpc) is 2.82. The lowest BCUT2D eigenvalue weighted by Crippen LogP contribution is -2.43. The van der Waals surface area contributed by atoms with E-state index in [1.54, 1.807) is 23.5 Å². The standard InChI is InChI=1S/C15H18N2O2S/c1-16-4-6-17(7-5-16)10-13-8-11-2-3-12(15(18)19)9-14(11)20-13/h2-3,8-9H,4-7,10H2,1H3,(H,18,19). The molecule has 0 bridgehead atoms. The number of carboxylic acid groups (broad SMARTS) is 1. The van der Waals surface area contributed by atoms with Gasteiger partial charge in [0.15, 0.2) is 0 Å². The Morgan fingerprint density at radius 2 is 2.00 bits per heavy atom. The van der Waals surface area contributed by atoms with Gasteiger partial charge in [-0.25, -0.2) is 4.79 Å². The Bertz CT molecular complexity index is 630. The highest BCUT2D eigenvalue weighted by molar-refractivity contribution is 7.19. The summed E-state index contributed by atoms with van der Waals surface area (Å²) in [5, 5.41) is 10.2. The monoisotopic (exact) mass is 290 g/mol. The number of nitrogens with zero attached hydrogens (tertiary/aromatic N) is 2. The van der Waals surface area contributed by atoms with Gasteiger partial charge in [-0.3, -0.25) is 4.90 Å². The second-order valence-corrected chi connectivity index (χ2v) is 6.52. The normalized spacial score (nSPS) is 17.6. The molecule has 0 amide bonds. The van der Waals surface area contributed by atoms with E-state index in [4.69, 9.17) is 5.11 Å². The molecule has 2 aromatic rings. The smallest absolute Gasteiger partial charge is 0.335 e. The van der Waals surface area contributed by atoms with E-state index in [0.717, 1.165) is 42.8 Å². The van der Waals surface area contributed by atoms with Gasteiger partial charge in [-0.1, -0.05) is 6.07 Å². The quantitative estimate of drug-likeness (QED) is 0.942. The number of benzene rings is 1. The first-order chi connectivity index (χ1) is 9.61. The fourth-order valence-corrected chi connectivity index (χ4v) is 3.67. The van der Waals surface area contributed by atoms with Gasteiger partial charge in [-0.15, -0.1) is 11.3 Å². The Morgan fingerprint density at radius 1 is 1.25 bits per heavy atom. The number of aromatic carboxylic acids is 1. The fraction of sp³-hybridized carbons (Fsp3) is 0.400. The van der Waals surface area contributed by atoms with Crippen LogP contribution in [-0.2, 0) is 6.54 Å². The van der Waals surface area contributed by atoms with Crippen LogP contribution in [0.1, 0.15) is 15.2 Å². The number of fused-ring (bicyclic) bond motifs is 1. The zero-order chi connectivity index (χ0) is 14.1. The summed E-state index contributed by atoms with van der Waals surface area (Å²) in [4.78, 5) is 17.1. The summed E-state index contributed by atoms with van der Waals surface area (Å²) in [5.74, 6) is -0.860. The van der Waals surface area contributed by atoms with E-state index in [0.29, 0.717) is 5.56 Å². The van der Waals surface area contributed by atoms with Crippen LogP contribution in [0.5, 0.6) is 0 Å². The van der Waals surface area contributed by atoms with Gasteiger partial charge >= 0.3 is 5.97 Å². The summed E-state index contributed by atoms with van der Waals surface area (Å²) in [6, 6.07) is 7.54. The summed E-state index contributed by atoms with van der Waals surface area (Å²) in [7, 11) is 2.16. The summed E-state index contributed by atoms with van der Waals surface area (Å²) >= 11 is 1.70. The molecular formula is C15H18N2O2S. The van der Waals surface area contributed by atoms with Gasteiger partial charge in [0.2, 0.25) is 0 Å². The number of hydrogen-bond donors (Lipinski definition) is 1. The highest BCUT2D eigenvalue weighted by Crippen LogP contribution is 2.27. The number of hydrogen-bond acceptors (Lipinski definition) is 4. The maximum atomic E-state index is 11.0. The Balaban J connectivity index is 1.77. The van der Waals surface area contributed by atoms with Crippen LogP contribution >= 0.6 is 11.3 Å². The summed E-state index contributed by atoms with van der Waals surface area (Å²) in [5.41, 5.74) is 0.366. The van der Waals surface area contributed by atoms with E-state index in [1.807, 2.05) is 6.07 Å². The van der Waals surface area contributed by atoms with Crippen molar-refractivity contribution in [3.63, 3.8) is 0 Å². The van der Waals surface area contributed by atoms with Crippen molar-refractivity contribution in [2.24, 2.45) is 0 Å². The summed E-state index contributed by atoms with van der Waals surface area (Å²) < 4.78 is 1.06. The van der Waals surface area contributed by atoms with Crippen molar-refractivity contribution < 1.29 is 9.90 Å². The Labute approximate surface area is 122 Å². The van der Waals surface area contributed by atoms with Gasteiger partial charge in [0, 0.05) is 42.3 Å². The van der Waals surface area contributed by atoms with Crippen molar-refractivity contribution in [3.8, 4) is 0 Å². The molecule has 1 aromatic heterocycles. The van der Waals surface area contributed by atoms with Crippen molar-refractivity contribution in [2.45, 2.75) is 6.54 Å². The Morgan fingerprint density at radius 3 is 2.70 bits per heavy atom. The van der Waals surface area contributed by atoms with E-state index in [-0.39, 0.29) is 0 Å². The molecule has 0 radical (unpaired) electrons. The minimum Gasteiger partial charge on any atom is -0.478 e. The van der Waals surface area contributed by atoms with Crippen LogP contribution in [0.25, 0.3) is 10.1 Å². The van der Waals surface area contributed by atoms with Crippen molar-refractivity contribution in [2.75, 3.05) is 33.2 Å². The van der Waals surface area contributed by atoms with Crippen LogP contribution in [0.3, 0.4) is 0 Å². The SMILES string of the molecule is CN1CCN(Cc2cc3ccc(C(=O)O)cc3s2)CC1. The molecule has 3 rings (SSSR count). The second kappa shape index (κ2) is 5.52. The highest BCUT2D eigenvalue weighted by Gasteiger charge is 2.15. The highest BCUT2D eigenvalue weighted by atomic mass is 32.1. The second-order valence-electron chi connectivity index (χ2n) is 5.35. The third kappa shape index (κ3) is 2.85. The van der Waals surface area contributed by atoms with Crippen LogP contribution in [0, 0.1) is 0 Å². The molecule has 0 unspecified atom stereocenters. The molecule has 1 N–H and O–H groups in total. The third-order valence-electron chi connectivity index (χ3n) is 3.79. The van der Waals surface area contributed by atoms with Gasteiger partial charge < -0.3 is 10.0 Å². The van der Waals surface area contributed by atoms with Crippen LogP contribution in [0.4, 0.5) is 0 Å². The maximum absolute atomic E-state index is 11.0. The van der Waals surface area contributed by atoms with E-state index in [2.05, 4.69) is 22.9 Å². The van der Waals surface area contributed by atoms with Crippen LogP contribution in [0.15, 0.2) is 24.3 Å². The number of thiophene rings is 1. The molecular weight excluding hydrogens is 272 g/mol. The predicted octanol–water partition coefficient (Wildman–Crippen LogP) is 2.35. The van der Waals surface area contributed by atoms with Gasteiger partial charge in [0.05, 0.1) is 5.56 Å². The molecule has 1 saturated heterocycles. The molecule has 2 heterocycles. The molecule has 1 fully saturated rings. The lowest BCUT2D eigenvalue weighted by atomic mass is 10.2. The lowest BCUT2D eigenvalue weighted by molar-refractivity contribution is 0.0697. The summed E-state index contributed by atoms with van der Waals surface area (Å²) in [6.45, 7) is 5.41. The van der Waals surface area contributed by atoms with Gasteiger partial charge in [-0.05, 0) is 30.6 Å². The van der Waals surface area contributed by atoms with Gasteiger partial charge in [0.1, 0.15) is 0 Å².